The van der Waals surface area contributed by atoms with Crippen LogP contribution in [0.15, 0.2) is 18.5 Å². The first-order valence-electron chi connectivity index (χ1n) is 5.13. The predicted octanol–water partition coefficient (Wildman–Crippen LogP) is 2.75. The fourth-order valence-electron chi connectivity index (χ4n) is 1.78. The highest BCUT2D eigenvalue weighted by atomic mass is 35.5. The van der Waals surface area contributed by atoms with E-state index in [-0.39, 0.29) is 0 Å². The topological polar surface area (TPSA) is 43.6 Å². The fraction of sp³-hybridized carbons (Fsp3) is 0.364. The minimum atomic E-state index is 0.372. The van der Waals surface area contributed by atoms with Gasteiger partial charge in [-0.15, -0.1) is 5.10 Å². The van der Waals surface area contributed by atoms with Crippen LogP contribution >= 0.6 is 11.6 Å². The molecule has 0 saturated carbocycles. The summed E-state index contributed by atoms with van der Waals surface area (Å²) < 4.78 is 1.68. The Morgan fingerprint density at radius 1 is 1.31 bits per heavy atom. The summed E-state index contributed by atoms with van der Waals surface area (Å²) in [5.41, 5.74) is 3.24. The number of benzene rings is 1. The minimum Gasteiger partial charge on any atom is -0.200 e. The number of rotatable bonds is 2. The molecule has 0 spiro atoms. The minimum absolute atomic E-state index is 0.372. The van der Waals surface area contributed by atoms with Gasteiger partial charge >= 0.3 is 0 Å². The number of nitrogens with zero attached hydrogens (tertiary/aromatic N) is 4. The number of hydrogen-bond acceptors (Lipinski definition) is 3. The van der Waals surface area contributed by atoms with E-state index in [0.717, 1.165) is 21.8 Å². The molecular formula is C11H13ClN4. The lowest BCUT2D eigenvalue weighted by Gasteiger charge is -2.15. The quantitative estimate of drug-likeness (QED) is 0.805. The van der Waals surface area contributed by atoms with Gasteiger partial charge in [-0.3, -0.25) is 0 Å². The number of hydrogen-bond donors (Lipinski definition) is 0. The van der Waals surface area contributed by atoms with Crippen molar-refractivity contribution < 1.29 is 0 Å². The molecule has 2 rings (SSSR count). The molecule has 1 heterocycles. The zero-order valence-electron chi connectivity index (χ0n) is 9.48. The molecule has 0 fully saturated rings. The lowest BCUT2D eigenvalue weighted by atomic mass is 9.98. The van der Waals surface area contributed by atoms with Crippen LogP contribution in [0.25, 0.3) is 5.69 Å². The van der Waals surface area contributed by atoms with Crippen molar-refractivity contribution in [2.75, 3.05) is 0 Å². The van der Waals surface area contributed by atoms with Crippen molar-refractivity contribution >= 4 is 11.6 Å². The van der Waals surface area contributed by atoms with Crippen molar-refractivity contribution in [2.24, 2.45) is 0 Å². The van der Waals surface area contributed by atoms with E-state index in [4.69, 9.17) is 11.6 Å². The Morgan fingerprint density at radius 2 is 2.06 bits per heavy atom. The maximum atomic E-state index is 6.07. The maximum Gasteiger partial charge on any atom is 0.143 e. The number of tetrazole rings is 1. The third-order valence-corrected chi connectivity index (χ3v) is 2.71. The molecule has 2 aromatic rings. The fourth-order valence-corrected chi connectivity index (χ4v) is 2.06. The molecule has 0 unspecified atom stereocenters. The van der Waals surface area contributed by atoms with E-state index < -0.39 is 0 Å². The Morgan fingerprint density at radius 3 is 2.62 bits per heavy atom. The zero-order valence-corrected chi connectivity index (χ0v) is 10.2. The molecular weight excluding hydrogens is 224 g/mol. The van der Waals surface area contributed by atoms with E-state index in [1.165, 1.54) is 0 Å². The summed E-state index contributed by atoms with van der Waals surface area (Å²) in [4.78, 5) is 0. The van der Waals surface area contributed by atoms with Gasteiger partial charge in [-0.25, -0.2) is 0 Å². The van der Waals surface area contributed by atoms with Gasteiger partial charge in [-0.1, -0.05) is 25.4 Å². The monoisotopic (exact) mass is 236 g/mol. The van der Waals surface area contributed by atoms with E-state index in [2.05, 4.69) is 29.4 Å². The molecule has 5 heteroatoms. The van der Waals surface area contributed by atoms with Crippen molar-refractivity contribution in [3.8, 4) is 5.69 Å². The number of aromatic nitrogens is 4. The largest absolute Gasteiger partial charge is 0.200 e. The van der Waals surface area contributed by atoms with Gasteiger partial charge in [0.1, 0.15) is 6.33 Å². The van der Waals surface area contributed by atoms with Crippen LogP contribution in [-0.4, -0.2) is 20.2 Å². The summed E-state index contributed by atoms with van der Waals surface area (Å²) in [5.74, 6) is 0.372. The second-order valence-electron chi connectivity index (χ2n) is 4.07. The van der Waals surface area contributed by atoms with E-state index in [0.29, 0.717) is 5.92 Å². The predicted molar refractivity (Wildman–Crippen MR) is 63.0 cm³/mol. The van der Waals surface area contributed by atoms with Crippen molar-refractivity contribution in [3.63, 3.8) is 0 Å². The Hall–Kier alpha value is -1.42. The van der Waals surface area contributed by atoms with Gasteiger partial charge in [0.2, 0.25) is 0 Å². The highest BCUT2D eigenvalue weighted by Crippen LogP contribution is 2.28. The highest BCUT2D eigenvalue weighted by molar-refractivity contribution is 6.30. The van der Waals surface area contributed by atoms with E-state index in [1.54, 1.807) is 11.0 Å². The molecule has 0 radical (unpaired) electrons. The average molecular weight is 237 g/mol. The third-order valence-electron chi connectivity index (χ3n) is 2.49. The normalized spacial score (nSPS) is 11.1. The van der Waals surface area contributed by atoms with Crippen molar-refractivity contribution in [1.82, 2.24) is 20.2 Å². The molecule has 0 aliphatic heterocycles. The zero-order chi connectivity index (χ0) is 11.7. The molecule has 0 bridgehead atoms. The Kier molecular flexibility index (Phi) is 2.92. The molecule has 16 heavy (non-hydrogen) atoms. The van der Waals surface area contributed by atoms with Crippen molar-refractivity contribution in [3.05, 3.63) is 34.6 Å². The molecule has 1 aromatic carbocycles. The molecule has 1 aromatic heterocycles. The van der Waals surface area contributed by atoms with Gasteiger partial charge in [-0.05, 0) is 46.5 Å². The van der Waals surface area contributed by atoms with Crippen molar-refractivity contribution in [1.29, 1.82) is 0 Å². The Bertz CT molecular complexity index is 491. The van der Waals surface area contributed by atoms with Crippen LogP contribution in [0.5, 0.6) is 0 Å². The summed E-state index contributed by atoms with van der Waals surface area (Å²) in [6, 6.07) is 3.89. The maximum absolute atomic E-state index is 6.07. The van der Waals surface area contributed by atoms with E-state index in [9.17, 15) is 0 Å². The Labute approximate surface area is 99.2 Å². The first-order chi connectivity index (χ1) is 7.59. The van der Waals surface area contributed by atoms with Crippen LogP contribution in [0, 0.1) is 6.92 Å². The highest BCUT2D eigenvalue weighted by Gasteiger charge is 2.13. The van der Waals surface area contributed by atoms with E-state index >= 15 is 0 Å². The second-order valence-corrected chi connectivity index (χ2v) is 4.51. The van der Waals surface area contributed by atoms with Crippen LogP contribution in [-0.2, 0) is 0 Å². The van der Waals surface area contributed by atoms with Crippen LogP contribution in [0.3, 0.4) is 0 Å². The van der Waals surface area contributed by atoms with Crippen LogP contribution < -0.4 is 0 Å². The van der Waals surface area contributed by atoms with Gasteiger partial charge < -0.3 is 0 Å². The van der Waals surface area contributed by atoms with Crippen LogP contribution in [0.4, 0.5) is 0 Å². The standard InChI is InChI=1S/C11H13ClN4/c1-7(2)10-5-9(12)4-8(3)11(10)16-6-13-14-15-16/h4-7H,1-3H3. The van der Waals surface area contributed by atoms with Gasteiger partial charge in [-0.2, -0.15) is 4.68 Å². The summed E-state index contributed by atoms with van der Waals surface area (Å²) in [7, 11) is 0. The van der Waals surface area contributed by atoms with Crippen LogP contribution in [0.1, 0.15) is 30.9 Å². The molecule has 4 nitrogen and oxygen atoms in total. The Balaban J connectivity index is 2.67. The molecule has 0 N–H and O–H groups in total. The van der Waals surface area contributed by atoms with Crippen molar-refractivity contribution in [2.45, 2.75) is 26.7 Å². The molecule has 84 valence electrons. The summed E-state index contributed by atoms with van der Waals surface area (Å²) in [5, 5.41) is 12.0. The average Bonchev–Trinajstić information content (AvgIpc) is 2.69. The summed E-state index contributed by atoms with van der Waals surface area (Å²) >= 11 is 6.07. The SMILES string of the molecule is Cc1cc(Cl)cc(C(C)C)c1-n1cnnn1. The van der Waals surface area contributed by atoms with Gasteiger partial charge in [0.15, 0.2) is 0 Å². The molecule has 0 amide bonds. The first-order valence-corrected chi connectivity index (χ1v) is 5.51. The number of halogens is 1. The third kappa shape index (κ3) is 1.93. The smallest absolute Gasteiger partial charge is 0.143 e. The lowest BCUT2D eigenvalue weighted by molar-refractivity contribution is 0.759. The second kappa shape index (κ2) is 4.22. The van der Waals surface area contributed by atoms with E-state index in [1.807, 2.05) is 19.1 Å². The molecule has 0 aliphatic rings. The van der Waals surface area contributed by atoms with Gasteiger partial charge in [0.25, 0.3) is 0 Å². The summed E-state index contributed by atoms with van der Waals surface area (Å²) in [6.45, 7) is 6.26. The lowest BCUT2D eigenvalue weighted by Crippen LogP contribution is -2.05. The van der Waals surface area contributed by atoms with Gasteiger partial charge in [0.05, 0.1) is 5.69 Å². The number of aryl methyl sites for hydroxylation is 1. The summed E-state index contributed by atoms with van der Waals surface area (Å²) in [6.07, 6.45) is 1.60. The van der Waals surface area contributed by atoms with Gasteiger partial charge in [0, 0.05) is 5.02 Å². The van der Waals surface area contributed by atoms with Crippen LogP contribution in [0.2, 0.25) is 5.02 Å². The molecule has 0 atom stereocenters. The molecule has 0 aliphatic carbocycles. The first kappa shape index (κ1) is 11.1. The molecule has 0 saturated heterocycles.